The van der Waals surface area contributed by atoms with Crippen molar-refractivity contribution in [2.24, 2.45) is 17.8 Å². The molecule has 6 amide bonds. The molecule has 14 nitrogen and oxygen atoms in total. The number of rotatable bonds is 4. The molecule has 1 aromatic carbocycles. The van der Waals surface area contributed by atoms with Crippen LogP contribution in [0, 0.1) is 17.8 Å². The zero-order chi connectivity index (χ0) is 37.0. The van der Waals surface area contributed by atoms with Gasteiger partial charge in [-0.2, -0.15) is 0 Å². The lowest BCUT2D eigenvalue weighted by atomic mass is 9.93. The largest absolute Gasteiger partial charge is 0.444 e. The van der Waals surface area contributed by atoms with E-state index in [4.69, 9.17) is 4.74 Å². The van der Waals surface area contributed by atoms with Gasteiger partial charge in [0.25, 0.3) is 5.91 Å². The summed E-state index contributed by atoms with van der Waals surface area (Å²) in [5, 5.41) is 5.08. The highest BCUT2D eigenvalue weighted by molar-refractivity contribution is 7.91. The van der Waals surface area contributed by atoms with Crippen molar-refractivity contribution in [2.75, 3.05) is 19.6 Å². The SMILES string of the molecule is CC(C)(C)OC(=O)N[C@H]1CCCCC/C=C\[C@@H]2C[C@]2(C(=O)NS(=O)(=O)C2CC2)NC(=O)[C@@H]2[C@H]3CN(C(=O)N4Cc5ccccc5C4)C[C@H]3CN2C1=O. The van der Waals surface area contributed by atoms with Gasteiger partial charge in [-0.05, 0) is 70.4 Å². The molecule has 4 fully saturated rings. The molecule has 2 saturated heterocycles. The third-order valence-electron chi connectivity index (χ3n) is 11.3. The third-order valence-corrected chi connectivity index (χ3v) is 13.1. The maximum Gasteiger partial charge on any atom is 0.408 e. The van der Waals surface area contributed by atoms with Crippen molar-refractivity contribution in [1.82, 2.24) is 30.1 Å². The first-order valence-electron chi connectivity index (χ1n) is 18.6. The fourth-order valence-electron chi connectivity index (χ4n) is 8.35. The van der Waals surface area contributed by atoms with Crippen LogP contribution in [0.1, 0.15) is 83.3 Å². The molecule has 7 rings (SSSR count). The molecule has 282 valence electrons. The van der Waals surface area contributed by atoms with E-state index >= 15 is 0 Å². The first-order valence-corrected chi connectivity index (χ1v) is 20.2. The molecule has 0 bridgehead atoms. The molecule has 0 radical (unpaired) electrons. The first kappa shape index (κ1) is 36.2. The Bertz CT molecular complexity index is 1750. The van der Waals surface area contributed by atoms with E-state index in [1.54, 1.807) is 30.6 Å². The van der Waals surface area contributed by atoms with Crippen molar-refractivity contribution >= 4 is 39.9 Å². The van der Waals surface area contributed by atoms with Crippen LogP contribution in [0.3, 0.4) is 0 Å². The molecule has 52 heavy (non-hydrogen) atoms. The number of ether oxygens (including phenoxy) is 1. The van der Waals surface area contributed by atoms with Crippen LogP contribution in [-0.4, -0.2) is 101 Å². The number of carbonyl (C=O) groups excluding carboxylic acids is 5. The van der Waals surface area contributed by atoms with Gasteiger partial charge in [0, 0.05) is 50.5 Å². The molecule has 2 saturated carbocycles. The highest BCUT2D eigenvalue weighted by atomic mass is 32.2. The van der Waals surface area contributed by atoms with Crippen molar-refractivity contribution in [3.05, 3.63) is 47.5 Å². The number of likely N-dealkylation sites (tertiary alicyclic amines) is 1. The monoisotopic (exact) mass is 738 g/mol. The maximum atomic E-state index is 14.6. The van der Waals surface area contributed by atoms with Crippen molar-refractivity contribution in [3.63, 3.8) is 0 Å². The molecule has 2 aliphatic carbocycles. The van der Waals surface area contributed by atoms with E-state index in [-0.39, 0.29) is 31.5 Å². The summed E-state index contributed by atoms with van der Waals surface area (Å²) in [6.07, 6.45) is 7.55. The number of fused-ring (bicyclic) bond motifs is 5. The summed E-state index contributed by atoms with van der Waals surface area (Å²) >= 11 is 0. The van der Waals surface area contributed by atoms with Crippen LogP contribution in [-0.2, 0) is 42.2 Å². The molecule has 0 spiro atoms. The van der Waals surface area contributed by atoms with Gasteiger partial charge in [0.1, 0.15) is 23.2 Å². The second kappa shape index (κ2) is 13.7. The van der Waals surface area contributed by atoms with Gasteiger partial charge in [0.2, 0.25) is 21.8 Å². The Hall–Kier alpha value is -4.14. The summed E-state index contributed by atoms with van der Waals surface area (Å²) in [6, 6.07) is 5.76. The van der Waals surface area contributed by atoms with Crippen molar-refractivity contribution in [3.8, 4) is 0 Å². The van der Waals surface area contributed by atoms with Crippen molar-refractivity contribution in [2.45, 2.75) is 114 Å². The van der Waals surface area contributed by atoms with Gasteiger partial charge in [-0.25, -0.2) is 18.0 Å². The van der Waals surface area contributed by atoms with Crippen LogP contribution in [0.4, 0.5) is 9.59 Å². The number of alkyl carbamates (subject to hydrolysis) is 1. The average molecular weight is 739 g/mol. The Morgan fingerprint density at radius 1 is 0.942 bits per heavy atom. The molecule has 15 heteroatoms. The fraction of sp³-hybridized carbons (Fsp3) is 0.649. The highest BCUT2D eigenvalue weighted by Gasteiger charge is 2.63. The van der Waals surface area contributed by atoms with Crippen LogP contribution in [0.5, 0.6) is 0 Å². The van der Waals surface area contributed by atoms with E-state index in [1.807, 2.05) is 36.4 Å². The number of nitrogens with one attached hydrogen (secondary N) is 3. The summed E-state index contributed by atoms with van der Waals surface area (Å²) < 4.78 is 33.5. The van der Waals surface area contributed by atoms with E-state index in [0.29, 0.717) is 51.7 Å². The van der Waals surface area contributed by atoms with Crippen LogP contribution in [0.15, 0.2) is 36.4 Å². The number of hydrogen-bond donors (Lipinski definition) is 3. The molecule has 0 aromatic heterocycles. The van der Waals surface area contributed by atoms with Crippen molar-refractivity contribution in [1.29, 1.82) is 0 Å². The fourth-order valence-corrected chi connectivity index (χ4v) is 9.71. The molecule has 6 atom stereocenters. The van der Waals surface area contributed by atoms with Gasteiger partial charge in [0.05, 0.1) is 5.25 Å². The lowest BCUT2D eigenvalue weighted by molar-refractivity contribution is -0.142. The normalized spacial score (nSPS) is 31.2. The number of nitrogens with zero attached hydrogens (tertiary/aromatic N) is 3. The molecule has 0 unspecified atom stereocenters. The number of allylic oxidation sites excluding steroid dienone is 1. The zero-order valence-electron chi connectivity index (χ0n) is 30.1. The number of benzene rings is 1. The molecule has 3 N–H and O–H groups in total. The van der Waals surface area contributed by atoms with E-state index in [9.17, 15) is 32.4 Å². The minimum Gasteiger partial charge on any atom is -0.444 e. The lowest BCUT2D eigenvalue weighted by Gasteiger charge is -2.33. The Labute approximate surface area is 305 Å². The maximum absolute atomic E-state index is 14.6. The topological polar surface area (TPSA) is 175 Å². The average Bonchev–Trinajstić information content (AvgIpc) is 3.91. The van der Waals surface area contributed by atoms with Crippen molar-refractivity contribution < 1.29 is 37.1 Å². The third kappa shape index (κ3) is 7.38. The minimum absolute atomic E-state index is 0.140. The van der Waals surface area contributed by atoms with Gasteiger partial charge in [-0.3, -0.25) is 19.1 Å². The van der Waals surface area contributed by atoms with Crippen LogP contribution in [0.25, 0.3) is 0 Å². The second-order valence-corrected chi connectivity index (χ2v) is 18.3. The Morgan fingerprint density at radius 3 is 2.33 bits per heavy atom. The second-order valence-electron chi connectivity index (χ2n) is 16.4. The van der Waals surface area contributed by atoms with Crippen LogP contribution in [0.2, 0.25) is 0 Å². The number of amides is 6. The number of hydrogen-bond acceptors (Lipinski definition) is 8. The molecule has 4 heterocycles. The number of urea groups is 1. The molecule has 6 aliphatic rings. The number of carbonyl (C=O) groups is 5. The molecule has 4 aliphatic heterocycles. The molecular formula is C37H50N6O8S. The van der Waals surface area contributed by atoms with Gasteiger partial charge in [0.15, 0.2) is 0 Å². The van der Waals surface area contributed by atoms with Crippen LogP contribution < -0.4 is 15.4 Å². The lowest BCUT2D eigenvalue weighted by Crippen LogP contribution is -2.60. The summed E-state index contributed by atoms with van der Waals surface area (Å²) in [7, 11) is -3.89. The number of sulfonamides is 1. The predicted octanol–water partition coefficient (Wildman–Crippen LogP) is 2.78. The van der Waals surface area contributed by atoms with Gasteiger partial charge in [-0.1, -0.05) is 49.3 Å². The van der Waals surface area contributed by atoms with Gasteiger partial charge in [-0.15, -0.1) is 0 Å². The Balaban J connectivity index is 1.16. The predicted molar refractivity (Wildman–Crippen MR) is 190 cm³/mol. The van der Waals surface area contributed by atoms with E-state index in [2.05, 4.69) is 15.4 Å². The van der Waals surface area contributed by atoms with Gasteiger partial charge < -0.3 is 30.1 Å². The molecule has 1 aromatic rings. The molecular weight excluding hydrogens is 689 g/mol. The standard InChI is InChI=1S/C37H50N6O8S/c1-36(2,3)51-34(47)38-29-14-8-6-4-5-7-13-26-17-37(26,33(46)40-52(49,50)27-15-16-27)39-31(44)30-28-22-42(20-25(28)21-43(30)32(29)45)35(48)41-18-23-11-9-10-12-24(23)19-41/h7,9-13,25-30H,4-6,8,14-22H2,1-3H3,(H,38,47)(H,39,44)(H,40,46)/b13-7-/t25-,26+,28-,29-,30-,37-/m0/s1. The van der Waals surface area contributed by atoms with Gasteiger partial charge >= 0.3 is 12.1 Å². The van der Waals surface area contributed by atoms with E-state index in [1.165, 1.54) is 4.90 Å². The quantitative estimate of drug-likeness (QED) is 0.396. The summed E-state index contributed by atoms with van der Waals surface area (Å²) in [5.74, 6) is -2.88. The Kier molecular flexibility index (Phi) is 9.53. The van der Waals surface area contributed by atoms with Crippen LogP contribution >= 0.6 is 0 Å². The summed E-state index contributed by atoms with van der Waals surface area (Å²) in [5.41, 5.74) is -0.0948. The smallest absolute Gasteiger partial charge is 0.408 e. The minimum atomic E-state index is -3.89. The van der Waals surface area contributed by atoms with E-state index in [0.717, 1.165) is 24.0 Å². The highest BCUT2D eigenvalue weighted by Crippen LogP contribution is 2.47. The summed E-state index contributed by atoms with van der Waals surface area (Å²) in [4.78, 5) is 74.7. The zero-order valence-corrected chi connectivity index (χ0v) is 31.0. The first-order chi connectivity index (χ1) is 24.6. The van der Waals surface area contributed by atoms with E-state index < -0.39 is 74.1 Å². The summed E-state index contributed by atoms with van der Waals surface area (Å²) in [6.45, 7) is 6.93. The Morgan fingerprint density at radius 2 is 1.65 bits per heavy atom.